The summed E-state index contributed by atoms with van der Waals surface area (Å²) in [6.45, 7) is 2.18. The highest BCUT2D eigenvalue weighted by Crippen LogP contribution is 2.21. The van der Waals surface area contributed by atoms with E-state index < -0.39 is 33.7 Å². The second-order valence-electron chi connectivity index (χ2n) is 6.86. The van der Waals surface area contributed by atoms with Crippen LogP contribution < -0.4 is 10.1 Å². The van der Waals surface area contributed by atoms with Crippen molar-refractivity contribution in [3.63, 3.8) is 0 Å². The van der Waals surface area contributed by atoms with Gasteiger partial charge in [0, 0.05) is 31.8 Å². The number of nitrogens with one attached hydrogen (secondary N) is 1. The van der Waals surface area contributed by atoms with E-state index in [2.05, 4.69) is 9.71 Å². The summed E-state index contributed by atoms with van der Waals surface area (Å²) in [6.07, 6.45) is 0.393. The summed E-state index contributed by atoms with van der Waals surface area (Å²) in [5.41, 5.74) is 0.238. The van der Waals surface area contributed by atoms with Crippen molar-refractivity contribution in [3.8, 4) is 5.75 Å². The highest BCUT2D eigenvalue weighted by atomic mass is 32.2. The maximum atomic E-state index is 13.3. The average Bonchev–Trinajstić information content (AvgIpc) is 3.09. The third-order valence-corrected chi connectivity index (χ3v) is 5.83. The molecule has 0 aromatic heterocycles. The molecule has 2 aromatic carbocycles. The molecule has 1 saturated heterocycles. The molecule has 3 rings (SSSR count). The van der Waals surface area contributed by atoms with Gasteiger partial charge >= 0.3 is 0 Å². The molecule has 1 unspecified atom stereocenters. The Balaban J connectivity index is 1.71. The minimum absolute atomic E-state index is 0.00983. The summed E-state index contributed by atoms with van der Waals surface area (Å²) in [7, 11) is -2.14. The summed E-state index contributed by atoms with van der Waals surface area (Å²) in [4.78, 5) is 14.1. The number of rotatable bonds is 6. The number of hydrogen-bond donors (Lipinski definition) is 1. The van der Waals surface area contributed by atoms with Crippen molar-refractivity contribution in [2.75, 3.05) is 18.9 Å². The molecule has 160 valence electrons. The first-order valence-electron chi connectivity index (χ1n) is 9.23. The van der Waals surface area contributed by atoms with Crippen LogP contribution in [0, 0.1) is 11.6 Å². The fourth-order valence-corrected chi connectivity index (χ4v) is 4.03. The number of nitrogens with zero attached hydrogens (tertiary/aromatic N) is 2. The number of benzene rings is 2. The molecule has 0 saturated carbocycles. The van der Waals surface area contributed by atoms with Crippen LogP contribution in [0.4, 0.5) is 14.5 Å². The average molecular weight is 437 g/mol. The Bertz CT molecular complexity index is 1090. The molecule has 30 heavy (non-hydrogen) atoms. The number of ether oxygens (including phenoxy) is 1. The summed E-state index contributed by atoms with van der Waals surface area (Å²) in [6, 6.07) is 8.65. The Morgan fingerprint density at radius 1 is 1.20 bits per heavy atom. The van der Waals surface area contributed by atoms with Crippen molar-refractivity contribution in [2.45, 2.75) is 30.8 Å². The number of halogens is 2. The van der Waals surface area contributed by atoms with E-state index in [0.29, 0.717) is 12.3 Å². The van der Waals surface area contributed by atoms with Gasteiger partial charge in [-0.3, -0.25) is 4.79 Å². The van der Waals surface area contributed by atoms with E-state index in [1.54, 1.807) is 11.9 Å². The largest absolute Gasteiger partial charge is 0.481 e. The molecule has 0 aliphatic carbocycles. The van der Waals surface area contributed by atoms with Crippen LogP contribution >= 0.6 is 0 Å². The van der Waals surface area contributed by atoms with Gasteiger partial charge < -0.3 is 15.0 Å². The number of anilines is 1. The Morgan fingerprint density at radius 2 is 1.97 bits per heavy atom. The quantitative estimate of drug-likeness (QED) is 0.750. The lowest BCUT2D eigenvalue weighted by Gasteiger charge is -2.15. The number of sulfonamides is 1. The van der Waals surface area contributed by atoms with Crippen LogP contribution in [0.3, 0.4) is 0 Å². The van der Waals surface area contributed by atoms with Crippen molar-refractivity contribution in [2.24, 2.45) is 4.40 Å². The fraction of sp³-hybridized carbons (Fsp3) is 0.300. The molecule has 0 radical (unpaired) electrons. The molecule has 0 bridgehead atoms. The maximum Gasteiger partial charge on any atom is 0.284 e. The normalized spacial score (nSPS) is 16.5. The minimum Gasteiger partial charge on any atom is -0.481 e. The minimum atomic E-state index is -3.93. The zero-order chi connectivity index (χ0) is 21.9. The standard InChI is InChI=1S/C20H21F2N3O4S/c1-13(29-15-8-9-17(21)18(22)12-15)20(26)23-14-5-3-6-16(11-14)30(27,28)24-19-7-4-10-25(19)2/h3,5-6,8-9,11-13H,4,7,10H2,1-2H3,(H,23,26)/b24-19-. The number of hydrogen-bond acceptors (Lipinski definition) is 4. The second-order valence-corrected chi connectivity index (χ2v) is 8.46. The van der Waals surface area contributed by atoms with Gasteiger partial charge in [-0.15, -0.1) is 4.40 Å². The predicted molar refractivity (Wildman–Crippen MR) is 108 cm³/mol. The highest BCUT2D eigenvalue weighted by molar-refractivity contribution is 7.90. The van der Waals surface area contributed by atoms with Gasteiger partial charge in [0.05, 0.1) is 4.90 Å². The number of amides is 1. The molecule has 1 atom stereocenters. The molecule has 0 spiro atoms. The van der Waals surface area contributed by atoms with Crippen LogP contribution in [0.25, 0.3) is 0 Å². The smallest absolute Gasteiger partial charge is 0.284 e. The van der Waals surface area contributed by atoms with E-state index in [4.69, 9.17) is 4.74 Å². The molecule has 10 heteroatoms. The van der Waals surface area contributed by atoms with Gasteiger partial charge in [0.2, 0.25) is 0 Å². The van der Waals surface area contributed by atoms with Gasteiger partial charge in [0.25, 0.3) is 15.9 Å². The lowest BCUT2D eigenvalue weighted by molar-refractivity contribution is -0.122. The van der Waals surface area contributed by atoms with Gasteiger partial charge in [0.15, 0.2) is 17.7 Å². The summed E-state index contributed by atoms with van der Waals surface area (Å²) >= 11 is 0. The number of amidine groups is 1. The first-order valence-corrected chi connectivity index (χ1v) is 10.7. The molecule has 7 nitrogen and oxygen atoms in total. The number of likely N-dealkylation sites (tertiary alicyclic amines) is 1. The van der Waals surface area contributed by atoms with Crippen LogP contribution in [-0.2, 0) is 14.8 Å². The van der Waals surface area contributed by atoms with Gasteiger partial charge in [-0.1, -0.05) is 6.07 Å². The molecule has 1 aliphatic rings. The maximum absolute atomic E-state index is 13.3. The van der Waals surface area contributed by atoms with Gasteiger partial charge in [-0.2, -0.15) is 8.42 Å². The predicted octanol–water partition coefficient (Wildman–Crippen LogP) is 3.18. The highest BCUT2D eigenvalue weighted by Gasteiger charge is 2.21. The van der Waals surface area contributed by atoms with Crippen molar-refractivity contribution in [1.29, 1.82) is 0 Å². The summed E-state index contributed by atoms with van der Waals surface area (Å²) in [5.74, 6) is -2.21. The lowest BCUT2D eigenvalue weighted by atomic mass is 10.3. The third-order valence-electron chi connectivity index (χ3n) is 4.53. The Labute approximate surface area is 173 Å². The fourth-order valence-electron chi connectivity index (χ4n) is 2.89. The number of carbonyl (C=O) groups excluding carboxylic acids is 1. The Kier molecular flexibility index (Phi) is 6.35. The molecule has 1 aliphatic heterocycles. The Hall–Kier alpha value is -3.01. The molecule has 1 fully saturated rings. The van der Waals surface area contributed by atoms with Gasteiger partial charge in [-0.25, -0.2) is 8.78 Å². The number of carbonyl (C=O) groups is 1. The molecular weight excluding hydrogens is 416 g/mol. The van der Waals surface area contributed by atoms with E-state index >= 15 is 0 Å². The molecule has 1 amide bonds. The van der Waals surface area contributed by atoms with E-state index in [1.807, 2.05) is 0 Å². The van der Waals surface area contributed by atoms with Crippen molar-refractivity contribution in [3.05, 3.63) is 54.1 Å². The SMILES string of the molecule is CC(Oc1ccc(F)c(F)c1)C(=O)Nc1cccc(S(=O)(=O)/N=C2/CCCN2C)c1. The first kappa shape index (κ1) is 21.7. The van der Waals surface area contributed by atoms with Crippen LogP contribution in [0.1, 0.15) is 19.8 Å². The molecule has 2 aromatic rings. The van der Waals surface area contributed by atoms with E-state index in [1.165, 1.54) is 37.3 Å². The van der Waals surface area contributed by atoms with Crippen LogP contribution in [0.5, 0.6) is 5.75 Å². The van der Waals surface area contributed by atoms with E-state index in [0.717, 1.165) is 25.1 Å². The summed E-state index contributed by atoms with van der Waals surface area (Å²) < 4.78 is 60.7. The van der Waals surface area contributed by atoms with Crippen molar-refractivity contribution < 1.29 is 26.7 Å². The van der Waals surface area contributed by atoms with Crippen LogP contribution in [0.2, 0.25) is 0 Å². The van der Waals surface area contributed by atoms with E-state index in [-0.39, 0.29) is 16.3 Å². The second kappa shape index (κ2) is 8.78. The van der Waals surface area contributed by atoms with Gasteiger partial charge in [-0.05, 0) is 43.7 Å². The molecule has 1 N–H and O–H groups in total. The third kappa shape index (κ3) is 5.12. The van der Waals surface area contributed by atoms with Crippen LogP contribution in [0.15, 0.2) is 51.8 Å². The zero-order valence-electron chi connectivity index (χ0n) is 16.4. The van der Waals surface area contributed by atoms with E-state index in [9.17, 15) is 22.0 Å². The molecular formula is C20H21F2N3O4S. The zero-order valence-corrected chi connectivity index (χ0v) is 17.2. The van der Waals surface area contributed by atoms with Crippen LogP contribution in [-0.4, -0.2) is 44.8 Å². The van der Waals surface area contributed by atoms with Gasteiger partial charge in [0.1, 0.15) is 11.6 Å². The van der Waals surface area contributed by atoms with Crippen molar-refractivity contribution in [1.82, 2.24) is 4.90 Å². The van der Waals surface area contributed by atoms with Crippen molar-refractivity contribution >= 4 is 27.5 Å². The monoisotopic (exact) mass is 437 g/mol. The Morgan fingerprint density at radius 3 is 2.63 bits per heavy atom. The first-order chi connectivity index (χ1) is 14.2. The summed E-state index contributed by atoms with van der Waals surface area (Å²) in [5, 5.41) is 2.55. The lowest BCUT2D eigenvalue weighted by Crippen LogP contribution is -2.30. The topological polar surface area (TPSA) is 88.1 Å². The molecule has 1 heterocycles.